The van der Waals surface area contributed by atoms with Crippen LogP contribution in [0, 0.1) is 4.91 Å². The molecule has 0 amide bonds. The van der Waals surface area contributed by atoms with Gasteiger partial charge in [-0.25, -0.2) is 23.2 Å². The van der Waals surface area contributed by atoms with Gasteiger partial charge in [0.1, 0.15) is 17.3 Å². The molecule has 254 valence electrons. The molecule has 20 heteroatoms. The number of nitrogens with zero attached hydrogens (tertiary/aromatic N) is 2. The van der Waals surface area contributed by atoms with E-state index >= 15 is 0 Å². The molecule has 4 rings (SSSR count). The monoisotopic (exact) mass is 686 g/mol. The Balaban J connectivity index is 1.58. The van der Waals surface area contributed by atoms with E-state index in [9.17, 15) is 23.9 Å². The summed E-state index contributed by atoms with van der Waals surface area (Å²) in [7, 11) is -4.73. The van der Waals surface area contributed by atoms with Gasteiger partial charge < -0.3 is 33.2 Å². The molecule has 4 atom stereocenters. The summed E-state index contributed by atoms with van der Waals surface area (Å²) in [5.74, 6) is -1.35. The van der Waals surface area contributed by atoms with Gasteiger partial charge in [0.05, 0.1) is 35.8 Å². The van der Waals surface area contributed by atoms with Crippen LogP contribution < -0.4 is 10.2 Å². The molecule has 3 aliphatic rings. The van der Waals surface area contributed by atoms with Gasteiger partial charge in [-0.3, -0.25) is 9.32 Å². The van der Waals surface area contributed by atoms with Crippen LogP contribution in [0.3, 0.4) is 0 Å². The highest BCUT2D eigenvalue weighted by Gasteiger charge is 2.73. The molecule has 3 fully saturated rings. The summed E-state index contributed by atoms with van der Waals surface area (Å²) in [4.78, 5) is 48.1. The molecule has 3 heterocycles. The first-order valence-electron chi connectivity index (χ1n) is 14.2. The van der Waals surface area contributed by atoms with Crippen LogP contribution in [0.2, 0.25) is 0 Å². The fourth-order valence-corrected chi connectivity index (χ4v) is 6.56. The molecule has 1 aromatic rings. The number of carbonyl (C=O) groups excluding carboxylic acids is 2. The van der Waals surface area contributed by atoms with E-state index in [4.69, 9.17) is 58.3 Å². The molecule has 0 radical (unpaired) electrons. The van der Waals surface area contributed by atoms with E-state index in [1.807, 2.05) is 0 Å². The summed E-state index contributed by atoms with van der Waals surface area (Å²) in [5, 5.41) is 2.10. The van der Waals surface area contributed by atoms with Crippen molar-refractivity contribution >= 4 is 31.7 Å². The van der Waals surface area contributed by atoms with Gasteiger partial charge in [-0.2, -0.15) is 0 Å². The summed E-state index contributed by atoms with van der Waals surface area (Å²) in [6.07, 6.45) is -1.52. The Bertz CT molecular complexity index is 1350. The van der Waals surface area contributed by atoms with Crippen LogP contribution in [0.25, 0.3) is 0 Å². The second-order valence-electron chi connectivity index (χ2n) is 11.4. The fourth-order valence-electron chi connectivity index (χ4n) is 5.32. The van der Waals surface area contributed by atoms with Gasteiger partial charge in [0, 0.05) is 18.9 Å². The van der Waals surface area contributed by atoms with E-state index in [1.165, 1.54) is 6.20 Å². The van der Waals surface area contributed by atoms with E-state index in [0.717, 1.165) is 23.6 Å². The number of H-pyrrole nitrogens is 1. The van der Waals surface area contributed by atoms with Crippen molar-refractivity contribution < 1.29 is 65.5 Å². The largest absolute Gasteiger partial charge is 0.510 e. The molecule has 4 unspecified atom stereocenters. The lowest BCUT2D eigenvalue weighted by Gasteiger charge is -2.33. The van der Waals surface area contributed by atoms with Crippen LogP contribution in [0.4, 0.5) is 9.59 Å². The highest BCUT2D eigenvalue weighted by molar-refractivity contribution is 7.48. The molecule has 0 bridgehead atoms. The summed E-state index contributed by atoms with van der Waals surface area (Å²) < 4.78 is 69.4. The number of alkyl halides is 1. The SMILES string of the molecule is CC(C)OC(=O)OCOP(=O)(OCOC(=O)OC(C)C)OCC1(CCl)OC(n2ccc(=O)[nH][n+]2=O)C2(C)OC3(CCCC3)OC12. The van der Waals surface area contributed by atoms with Gasteiger partial charge >= 0.3 is 25.7 Å². The average Bonchev–Trinajstić information content (AvgIpc) is 3.58. The van der Waals surface area contributed by atoms with Crippen molar-refractivity contribution in [2.45, 2.75) is 102 Å². The normalized spacial score (nSPS) is 27.2. The smallest absolute Gasteiger partial charge is 0.432 e. The van der Waals surface area contributed by atoms with Gasteiger partial charge in [-0.05, 0) is 52.6 Å². The summed E-state index contributed by atoms with van der Waals surface area (Å²) in [6.45, 7) is 5.50. The highest BCUT2D eigenvalue weighted by atomic mass is 35.5. The Hall–Kier alpha value is -2.57. The van der Waals surface area contributed by atoms with Gasteiger partial charge in [0.15, 0.2) is 5.79 Å². The summed E-state index contributed by atoms with van der Waals surface area (Å²) in [5.41, 5.74) is -3.67. The number of nitrogens with one attached hydrogen (secondary N) is 1. The molecule has 0 aromatic carbocycles. The van der Waals surface area contributed by atoms with Gasteiger partial charge in [0.2, 0.25) is 19.8 Å². The molecule has 2 aliphatic heterocycles. The number of rotatable bonds is 13. The third kappa shape index (κ3) is 8.05. The minimum atomic E-state index is -4.73. The molecular formula is C25H38ClN3O15P+. The standard InChI is InChI=1S/C25H37ClN3O15P/c1-16(2)40-21(31)35-14-38-45(34,39-15-36-22(32)41-17(3)4)37-13-24(12-26)19-23(5,44-25(42-19)9-6-7-10-25)20(43-24)28-11-8-18(30)27-29(28)33/h8,11,16-17,19-20H,6-7,9-10,12-15H2,1-5H3/p+1. The molecule has 18 nitrogen and oxygen atoms in total. The number of carbonyl (C=O) groups is 2. The number of hydrogen-bond acceptors (Lipinski definition) is 15. The molecule has 45 heavy (non-hydrogen) atoms. The first-order chi connectivity index (χ1) is 21.1. The molecular weight excluding hydrogens is 649 g/mol. The Morgan fingerprint density at radius 2 is 1.64 bits per heavy atom. The Morgan fingerprint density at radius 1 is 1.07 bits per heavy atom. The zero-order valence-corrected chi connectivity index (χ0v) is 27.1. The summed E-state index contributed by atoms with van der Waals surface area (Å²) >= 11 is 6.49. The quantitative estimate of drug-likeness (QED) is 0.104. The van der Waals surface area contributed by atoms with Crippen molar-refractivity contribution in [3.63, 3.8) is 0 Å². The van der Waals surface area contributed by atoms with Crippen molar-refractivity contribution in [1.82, 2.24) is 9.78 Å². The number of phosphoric acid groups is 1. The third-order valence-corrected chi connectivity index (χ3v) is 8.85. The first kappa shape index (κ1) is 35.3. The van der Waals surface area contributed by atoms with Crippen LogP contribution in [0.15, 0.2) is 17.1 Å². The second kappa shape index (κ2) is 14.0. The highest BCUT2D eigenvalue weighted by Crippen LogP contribution is 2.60. The Morgan fingerprint density at radius 3 is 2.16 bits per heavy atom. The van der Waals surface area contributed by atoms with Gasteiger partial charge in [-0.1, -0.05) is 4.68 Å². The fraction of sp³-hybridized carbons (Fsp3) is 0.800. The lowest BCUT2D eigenvalue weighted by atomic mass is 9.89. The van der Waals surface area contributed by atoms with Crippen LogP contribution >= 0.6 is 19.4 Å². The van der Waals surface area contributed by atoms with Crippen molar-refractivity contribution in [1.29, 1.82) is 0 Å². The molecule has 2 saturated heterocycles. The maximum Gasteiger partial charge on any atom is 0.510 e. The van der Waals surface area contributed by atoms with Crippen molar-refractivity contribution in [3.8, 4) is 0 Å². The number of halogens is 1. The number of fused-ring (bicyclic) bond motifs is 1. The summed E-state index contributed by atoms with van der Waals surface area (Å²) in [6, 6.07) is 1.12. The zero-order chi connectivity index (χ0) is 33.0. The molecule has 1 spiro atoms. The van der Waals surface area contributed by atoms with E-state index in [0.29, 0.717) is 12.8 Å². The van der Waals surface area contributed by atoms with Crippen molar-refractivity contribution in [2.75, 3.05) is 26.1 Å². The lowest BCUT2D eigenvalue weighted by molar-refractivity contribution is -0.673. The lowest BCUT2D eigenvalue weighted by Crippen LogP contribution is -2.52. The maximum atomic E-state index is 13.7. The third-order valence-electron chi connectivity index (χ3n) is 7.11. The number of aromatic nitrogens is 3. The molecule has 1 N–H and O–H groups in total. The Kier molecular flexibility index (Phi) is 11.0. The maximum absolute atomic E-state index is 13.7. The van der Waals surface area contributed by atoms with E-state index in [1.54, 1.807) is 34.6 Å². The predicted octanol–water partition coefficient (Wildman–Crippen LogP) is 3.24. The van der Waals surface area contributed by atoms with Crippen LogP contribution in [-0.2, 0) is 51.3 Å². The Labute approximate surface area is 262 Å². The number of ether oxygens (including phenoxy) is 7. The molecule has 1 aromatic heterocycles. The van der Waals surface area contributed by atoms with E-state index < -0.39 is 87.4 Å². The predicted molar refractivity (Wildman–Crippen MR) is 148 cm³/mol. The first-order valence-corrected chi connectivity index (χ1v) is 16.2. The minimum Gasteiger partial charge on any atom is -0.432 e. The zero-order valence-electron chi connectivity index (χ0n) is 25.5. The van der Waals surface area contributed by atoms with Gasteiger partial charge in [0.25, 0.3) is 4.66 Å². The van der Waals surface area contributed by atoms with Crippen LogP contribution in [-0.4, -0.2) is 83.5 Å². The average molecular weight is 687 g/mol. The number of hydrogen-bond donors (Lipinski definition) is 1. The van der Waals surface area contributed by atoms with Crippen LogP contribution in [0.1, 0.15) is 66.5 Å². The van der Waals surface area contributed by atoms with E-state index in [-0.39, 0.29) is 10.5 Å². The minimum absolute atomic E-state index is 0.182. The van der Waals surface area contributed by atoms with E-state index in [2.05, 4.69) is 5.10 Å². The van der Waals surface area contributed by atoms with Crippen molar-refractivity contribution in [2.24, 2.45) is 0 Å². The molecule has 1 saturated carbocycles. The number of aromatic amines is 1. The topological polar surface area (TPSA) is 204 Å². The van der Waals surface area contributed by atoms with Gasteiger partial charge in [-0.15, -0.1) is 11.6 Å². The molecule has 1 aliphatic carbocycles. The van der Waals surface area contributed by atoms with Crippen molar-refractivity contribution in [3.05, 3.63) is 27.5 Å². The second-order valence-corrected chi connectivity index (χ2v) is 13.3. The number of phosphoric ester groups is 1. The van der Waals surface area contributed by atoms with Crippen LogP contribution in [0.5, 0.6) is 0 Å².